The van der Waals surface area contributed by atoms with Gasteiger partial charge in [0.2, 0.25) is 15.9 Å². The van der Waals surface area contributed by atoms with Gasteiger partial charge in [0, 0.05) is 19.5 Å². The molecule has 0 saturated heterocycles. The van der Waals surface area contributed by atoms with Gasteiger partial charge in [-0.2, -0.15) is 4.31 Å². The Kier molecular flexibility index (Phi) is 6.06. The van der Waals surface area contributed by atoms with Crippen LogP contribution in [0.2, 0.25) is 0 Å². The van der Waals surface area contributed by atoms with Gasteiger partial charge in [-0.05, 0) is 6.92 Å². The van der Waals surface area contributed by atoms with E-state index in [4.69, 9.17) is 11.6 Å². The van der Waals surface area contributed by atoms with E-state index in [2.05, 4.69) is 5.32 Å². The second-order valence-corrected chi connectivity index (χ2v) is 5.29. The number of halogens is 1. The highest BCUT2D eigenvalue weighted by Crippen LogP contribution is 1.98. The van der Waals surface area contributed by atoms with Crippen molar-refractivity contribution in [2.45, 2.75) is 6.92 Å². The summed E-state index contributed by atoms with van der Waals surface area (Å²) in [5.41, 5.74) is 0. The Morgan fingerprint density at radius 2 is 2.07 bits per heavy atom. The smallest absolute Gasteiger partial charge is 0.235 e. The van der Waals surface area contributed by atoms with E-state index in [1.54, 1.807) is 6.92 Å². The van der Waals surface area contributed by atoms with Crippen molar-refractivity contribution in [3.8, 4) is 0 Å². The van der Waals surface area contributed by atoms with Crippen molar-refractivity contribution < 1.29 is 13.2 Å². The summed E-state index contributed by atoms with van der Waals surface area (Å²) >= 11 is 5.32. The van der Waals surface area contributed by atoms with E-state index in [9.17, 15) is 13.2 Å². The predicted molar refractivity (Wildman–Crippen MR) is 55.8 cm³/mol. The summed E-state index contributed by atoms with van der Waals surface area (Å²) in [6.07, 6.45) is 0. The van der Waals surface area contributed by atoms with Gasteiger partial charge in [-0.15, -0.1) is 11.6 Å². The molecule has 0 aliphatic rings. The highest BCUT2D eigenvalue weighted by molar-refractivity contribution is 7.89. The molecule has 14 heavy (non-hydrogen) atoms. The first-order chi connectivity index (χ1) is 6.44. The van der Waals surface area contributed by atoms with Gasteiger partial charge in [-0.1, -0.05) is 0 Å². The molecule has 0 saturated carbocycles. The number of sulfonamides is 1. The van der Waals surface area contributed by atoms with Gasteiger partial charge in [0.05, 0.1) is 12.3 Å². The van der Waals surface area contributed by atoms with Gasteiger partial charge >= 0.3 is 0 Å². The number of likely N-dealkylation sites (N-methyl/N-ethyl adjacent to an activating group) is 2. The van der Waals surface area contributed by atoms with Crippen molar-refractivity contribution in [3.63, 3.8) is 0 Å². The first-order valence-corrected chi connectivity index (χ1v) is 6.35. The summed E-state index contributed by atoms with van der Waals surface area (Å²) < 4.78 is 23.7. The third-order valence-electron chi connectivity index (χ3n) is 1.55. The second kappa shape index (κ2) is 6.21. The lowest BCUT2D eigenvalue weighted by molar-refractivity contribution is -0.121. The Balaban J connectivity index is 4.20. The van der Waals surface area contributed by atoms with Crippen molar-refractivity contribution >= 4 is 27.5 Å². The number of amides is 1. The fourth-order valence-electron chi connectivity index (χ4n) is 0.807. The zero-order valence-corrected chi connectivity index (χ0v) is 9.86. The molecule has 84 valence electrons. The molecule has 0 heterocycles. The monoisotopic (exact) mass is 242 g/mol. The molecule has 0 radical (unpaired) electrons. The zero-order valence-electron chi connectivity index (χ0n) is 8.29. The van der Waals surface area contributed by atoms with Crippen LogP contribution in [0, 0.1) is 0 Å². The van der Waals surface area contributed by atoms with Gasteiger partial charge < -0.3 is 5.32 Å². The molecule has 1 amide bonds. The van der Waals surface area contributed by atoms with Crippen LogP contribution in [0.15, 0.2) is 0 Å². The van der Waals surface area contributed by atoms with Crippen molar-refractivity contribution in [2.75, 3.05) is 31.8 Å². The number of hydrogen-bond donors (Lipinski definition) is 1. The number of hydrogen-bond acceptors (Lipinski definition) is 3. The van der Waals surface area contributed by atoms with E-state index in [1.807, 2.05) is 0 Å². The summed E-state index contributed by atoms with van der Waals surface area (Å²) in [6, 6.07) is 0. The van der Waals surface area contributed by atoms with Crippen LogP contribution >= 0.6 is 11.6 Å². The maximum Gasteiger partial charge on any atom is 0.235 e. The van der Waals surface area contributed by atoms with E-state index >= 15 is 0 Å². The molecular weight excluding hydrogens is 228 g/mol. The molecular formula is C7H15ClN2O3S. The fourth-order valence-corrected chi connectivity index (χ4v) is 2.21. The minimum absolute atomic E-state index is 0.0298. The second-order valence-electron chi connectivity index (χ2n) is 2.71. The molecule has 7 heteroatoms. The fraction of sp³-hybridized carbons (Fsp3) is 0.857. The number of nitrogens with zero attached hydrogens (tertiary/aromatic N) is 1. The standard InChI is InChI=1S/C7H15ClN2O3S/c1-3-9-7(11)6-10(2)14(12,13)5-4-8/h3-6H2,1-2H3,(H,9,11). The van der Waals surface area contributed by atoms with Crippen LogP contribution < -0.4 is 5.32 Å². The van der Waals surface area contributed by atoms with Crippen LogP contribution in [0.5, 0.6) is 0 Å². The van der Waals surface area contributed by atoms with Crippen molar-refractivity contribution in [3.05, 3.63) is 0 Å². The normalized spacial score (nSPS) is 11.7. The predicted octanol–water partition coefficient (Wildman–Crippen LogP) is -0.377. The Bertz CT molecular complexity index is 279. The SMILES string of the molecule is CCNC(=O)CN(C)S(=O)(=O)CCCl. The third-order valence-corrected chi connectivity index (χ3v) is 3.76. The molecule has 1 N–H and O–H groups in total. The minimum atomic E-state index is -3.38. The van der Waals surface area contributed by atoms with Crippen LogP contribution in [-0.2, 0) is 14.8 Å². The third kappa shape index (κ3) is 4.78. The van der Waals surface area contributed by atoms with Crippen LogP contribution in [0.4, 0.5) is 0 Å². The number of alkyl halides is 1. The molecule has 5 nitrogen and oxygen atoms in total. The maximum absolute atomic E-state index is 11.3. The van der Waals surface area contributed by atoms with Gasteiger partial charge in [0.15, 0.2) is 0 Å². The average molecular weight is 243 g/mol. The van der Waals surface area contributed by atoms with E-state index < -0.39 is 10.0 Å². The molecule has 0 fully saturated rings. The molecule has 0 atom stereocenters. The average Bonchev–Trinajstić information content (AvgIpc) is 2.04. The topological polar surface area (TPSA) is 66.5 Å². The molecule has 0 aliphatic heterocycles. The zero-order chi connectivity index (χ0) is 11.2. The first-order valence-electron chi connectivity index (χ1n) is 4.20. The summed E-state index contributed by atoms with van der Waals surface area (Å²) in [4.78, 5) is 11.1. The molecule has 0 bridgehead atoms. The lowest BCUT2D eigenvalue weighted by Gasteiger charge is -2.15. The summed E-state index contributed by atoms with van der Waals surface area (Å²) in [7, 11) is -2.02. The maximum atomic E-state index is 11.3. The van der Waals surface area contributed by atoms with Gasteiger partial charge in [0.25, 0.3) is 0 Å². The largest absolute Gasteiger partial charge is 0.355 e. The Morgan fingerprint density at radius 1 is 1.50 bits per heavy atom. The molecule has 0 spiro atoms. The van der Waals surface area contributed by atoms with Crippen molar-refractivity contribution in [1.29, 1.82) is 0 Å². The first kappa shape index (κ1) is 13.7. The van der Waals surface area contributed by atoms with Crippen molar-refractivity contribution in [1.82, 2.24) is 9.62 Å². The number of carbonyl (C=O) groups is 1. The Labute approximate surface area is 89.5 Å². The van der Waals surface area contributed by atoms with E-state index in [0.29, 0.717) is 6.54 Å². The lowest BCUT2D eigenvalue weighted by Crippen LogP contribution is -2.39. The van der Waals surface area contributed by atoms with E-state index in [-0.39, 0.29) is 24.1 Å². The minimum Gasteiger partial charge on any atom is -0.355 e. The molecule has 0 aromatic rings. The summed E-state index contributed by atoms with van der Waals surface area (Å²) in [5.74, 6) is -0.430. The van der Waals surface area contributed by atoms with Gasteiger partial charge in [0.1, 0.15) is 0 Å². The molecule has 0 aromatic carbocycles. The van der Waals surface area contributed by atoms with Gasteiger partial charge in [-0.25, -0.2) is 8.42 Å². The van der Waals surface area contributed by atoms with Crippen LogP contribution in [-0.4, -0.2) is 50.4 Å². The Morgan fingerprint density at radius 3 is 2.50 bits per heavy atom. The lowest BCUT2D eigenvalue weighted by atomic mass is 10.5. The van der Waals surface area contributed by atoms with Crippen LogP contribution in [0.3, 0.4) is 0 Å². The van der Waals surface area contributed by atoms with Crippen molar-refractivity contribution in [2.24, 2.45) is 0 Å². The highest BCUT2D eigenvalue weighted by Gasteiger charge is 2.19. The summed E-state index contributed by atoms with van der Waals surface area (Å²) in [5, 5.41) is 2.51. The van der Waals surface area contributed by atoms with E-state index in [0.717, 1.165) is 4.31 Å². The molecule has 0 aromatic heterocycles. The van der Waals surface area contributed by atoms with E-state index in [1.165, 1.54) is 7.05 Å². The van der Waals surface area contributed by atoms with Crippen LogP contribution in [0.1, 0.15) is 6.92 Å². The molecule has 0 rings (SSSR count). The number of nitrogens with one attached hydrogen (secondary N) is 1. The number of carbonyl (C=O) groups excluding carboxylic acids is 1. The van der Waals surface area contributed by atoms with Gasteiger partial charge in [-0.3, -0.25) is 4.79 Å². The summed E-state index contributed by atoms with van der Waals surface area (Å²) in [6.45, 7) is 2.10. The highest BCUT2D eigenvalue weighted by atomic mass is 35.5. The quantitative estimate of drug-likeness (QED) is 0.646. The molecule has 0 aliphatic carbocycles. The molecule has 0 unspecified atom stereocenters. The number of rotatable bonds is 6. The van der Waals surface area contributed by atoms with Crippen LogP contribution in [0.25, 0.3) is 0 Å². The Hall–Kier alpha value is -0.330.